The Kier molecular flexibility index (Phi) is 6.80. The number of benzene rings is 1. The molecule has 1 unspecified atom stereocenters. The number of hydrogen-bond acceptors (Lipinski definition) is 3. The highest BCUT2D eigenvalue weighted by Gasteiger charge is 2.25. The van der Waals surface area contributed by atoms with Gasteiger partial charge in [-0.1, -0.05) is 37.3 Å². The van der Waals surface area contributed by atoms with Gasteiger partial charge in [0.2, 0.25) is 0 Å². The van der Waals surface area contributed by atoms with Crippen LogP contribution in [-0.2, 0) is 6.42 Å². The van der Waals surface area contributed by atoms with Crippen LogP contribution in [0.25, 0.3) is 0 Å². The molecule has 1 N–H and O–H groups in total. The lowest BCUT2D eigenvalue weighted by Gasteiger charge is -2.32. The molecule has 1 aromatic carbocycles. The molecule has 1 aliphatic rings. The monoisotopic (exact) mass is 379 g/mol. The molecule has 0 bridgehead atoms. The molecule has 1 aromatic heterocycles. The van der Waals surface area contributed by atoms with Crippen LogP contribution in [-0.4, -0.2) is 40.8 Å². The molecule has 1 atom stereocenters. The van der Waals surface area contributed by atoms with Crippen molar-refractivity contribution < 1.29 is 9.59 Å². The summed E-state index contributed by atoms with van der Waals surface area (Å²) in [6, 6.07) is 13.9. The highest BCUT2D eigenvalue weighted by molar-refractivity contribution is 5.98. The minimum atomic E-state index is -0.160. The molecule has 2 aromatic rings. The first-order valence-corrected chi connectivity index (χ1v) is 10.2. The highest BCUT2D eigenvalue weighted by atomic mass is 16.2. The summed E-state index contributed by atoms with van der Waals surface area (Å²) in [4.78, 5) is 31.2. The smallest absolute Gasteiger partial charge is 0.272 e. The van der Waals surface area contributed by atoms with Crippen LogP contribution in [0.5, 0.6) is 0 Å². The average Bonchev–Trinajstić information content (AvgIpc) is 2.74. The topological polar surface area (TPSA) is 62.3 Å². The van der Waals surface area contributed by atoms with Crippen LogP contribution in [0.1, 0.15) is 59.5 Å². The first-order chi connectivity index (χ1) is 13.6. The lowest BCUT2D eigenvalue weighted by atomic mass is 9.90. The molecule has 2 heterocycles. The van der Waals surface area contributed by atoms with Crippen molar-refractivity contribution in [2.45, 2.75) is 45.6 Å². The van der Waals surface area contributed by atoms with E-state index in [0.29, 0.717) is 17.2 Å². The second-order valence-corrected chi connectivity index (χ2v) is 7.64. The number of nitrogens with zero attached hydrogens (tertiary/aromatic N) is 2. The zero-order chi connectivity index (χ0) is 19.9. The van der Waals surface area contributed by atoms with E-state index >= 15 is 0 Å². The van der Waals surface area contributed by atoms with Crippen LogP contribution < -0.4 is 5.32 Å². The predicted octanol–water partition coefficient (Wildman–Crippen LogP) is 3.70. The summed E-state index contributed by atoms with van der Waals surface area (Å²) < 4.78 is 0. The maximum Gasteiger partial charge on any atom is 0.272 e. The van der Waals surface area contributed by atoms with Gasteiger partial charge in [0.1, 0.15) is 5.69 Å². The van der Waals surface area contributed by atoms with E-state index in [-0.39, 0.29) is 17.9 Å². The largest absolute Gasteiger partial charge is 0.350 e. The summed E-state index contributed by atoms with van der Waals surface area (Å²) in [6.45, 7) is 5.46. The number of hydrogen-bond donors (Lipinski definition) is 1. The first kappa shape index (κ1) is 20.1. The molecule has 2 amide bonds. The van der Waals surface area contributed by atoms with Gasteiger partial charge in [-0.05, 0) is 56.2 Å². The number of carbonyl (C=O) groups excluding carboxylic acids is 2. The van der Waals surface area contributed by atoms with Gasteiger partial charge in [-0.3, -0.25) is 14.6 Å². The van der Waals surface area contributed by atoms with Crippen LogP contribution in [0.2, 0.25) is 0 Å². The minimum Gasteiger partial charge on any atom is -0.350 e. The Hall–Kier alpha value is -2.69. The molecule has 3 rings (SSSR count). The quantitative estimate of drug-likeness (QED) is 0.832. The van der Waals surface area contributed by atoms with Crippen LogP contribution in [0.4, 0.5) is 0 Å². The van der Waals surface area contributed by atoms with Gasteiger partial charge in [0.15, 0.2) is 0 Å². The van der Waals surface area contributed by atoms with Crippen molar-refractivity contribution in [3.63, 3.8) is 0 Å². The van der Waals surface area contributed by atoms with Crippen molar-refractivity contribution >= 4 is 11.8 Å². The van der Waals surface area contributed by atoms with E-state index in [9.17, 15) is 9.59 Å². The molecule has 0 saturated carbocycles. The minimum absolute atomic E-state index is 0.0867. The van der Waals surface area contributed by atoms with E-state index in [4.69, 9.17) is 0 Å². The summed E-state index contributed by atoms with van der Waals surface area (Å²) in [7, 11) is 0. The number of aromatic nitrogens is 1. The molecule has 148 valence electrons. The van der Waals surface area contributed by atoms with Crippen LogP contribution >= 0.6 is 0 Å². The van der Waals surface area contributed by atoms with E-state index in [2.05, 4.69) is 34.6 Å². The van der Waals surface area contributed by atoms with Crippen molar-refractivity contribution in [3.8, 4) is 0 Å². The third-order valence-corrected chi connectivity index (χ3v) is 5.50. The number of pyridine rings is 1. The average molecular weight is 380 g/mol. The Morgan fingerprint density at radius 3 is 2.57 bits per heavy atom. The second kappa shape index (κ2) is 9.49. The van der Waals surface area contributed by atoms with Gasteiger partial charge >= 0.3 is 0 Å². The molecule has 1 fully saturated rings. The van der Waals surface area contributed by atoms with E-state index in [0.717, 1.165) is 38.8 Å². The SMILES string of the molecule is CCC(C)NC(=O)c1ccnc(C(=O)N2CCC(Cc3ccccc3)CC2)c1. The van der Waals surface area contributed by atoms with Crippen LogP contribution in [0, 0.1) is 5.92 Å². The maximum atomic E-state index is 12.8. The number of nitrogens with one attached hydrogen (secondary N) is 1. The lowest BCUT2D eigenvalue weighted by Crippen LogP contribution is -2.39. The number of piperidine rings is 1. The van der Waals surface area contributed by atoms with Gasteiger partial charge in [-0.25, -0.2) is 0 Å². The van der Waals surface area contributed by atoms with E-state index in [1.807, 2.05) is 24.8 Å². The van der Waals surface area contributed by atoms with Crippen LogP contribution in [0.15, 0.2) is 48.7 Å². The third-order valence-electron chi connectivity index (χ3n) is 5.50. The van der Waals surface area contributed by atoms with E-state index < -0.39 is 0 Å². The predicted molar refractivity (Wildman–Crippen MR) is 110 cm³/mol. The molecule has 5 heteroatoms. The molecule has 1 aliphatic heterocycles. The fourth-order valence-corrected chi connectivity index (χ4v) is 3.55. The van der Waals surface area contributed by atoms with E-state index in [1.165, 1.54) is 5.56 Å². The normalized spacial score (nSPS) is 15.9. The Morgan fingerprint density at radius 2 is 1.89 bits per heavy atom. The van der Waals surface area contributed by atoms with Gasteiger partial charge in [0.25, 0.3) is 11.8 Å². The van der Waals surface area contributed by atoms with Gasteiger partial charge in [0.05, 0.1) is 0 Å². The Balaban J connectivity index is 1.57. The number of likely N-dealkylation sites (tertiary alicyclic amines) is 1. The summed E-state index contributed by atoms with van der Waals surface area (Å²) in [6.07, 6.45) is 5.46. The van der Waals surface area contributed by atoms with Crippen molar-refractivity contribution in [1.29, 1.82) is 0 Å². The molecule has 0 spiro atoms. The van der Waals surface area contributed by atoms with E-state index in [1.54, 1.807) is 18.3 Å². The summed E-state index contributed by atoms with van der Waals surface area (Å²) in [5.41, 5.74) is 2.19. The number of carbonyl (C=O) groups is 2. The summed E-state index contributed by atoms with van der Waals surface area (Å²) in [5, 5.41) is 2.93. The first-order valence-electron chi connectivity index (χ1n) is 10.2. The van der Waals surface area contributed by atoms with Crippen molar-refractivity contribution in [3.05, 3.63) is 65.5 Å². The Morgan fingerprint density at radius 1 is 1.18 bits per heavy atom. The summed E-state index contributed by atoms with van der Waals surface area (Å²) in [5.74, 6) is 0.357. The molecule has 0 aliphatic carbocycles. The maximum absolute atomic E-state index is 12.8. The van der Waals surface area contributed by atoms with Crippen molar-refractivity contribution in [1.82, 2.24) is 15.2 Å². The van der Waals surface area contributed by atoms with Gasteiger partial charge in [-0.15, -0.1) is 0 Å². The molecular formula is C23H29N3O2. The Labute approximate surface area is 167 Å². The summed E-state index contributed by atoms with van der Waals surface area (Å²) >= 11 is 0. The molecule has 1 saturated heterocycles. The van der Waals surface area contributed by atoms with Crippen molar-refractivity contribution in [2.75, 3.05) is 13.1 Å². The number of rotatable bonds is 6. The van der Waals surface area contributed by atoms with Crippen molar-refractivity contribution in [2.24, 2.45) is 5.92 Å². The molecule has 28 heavy (non-hydrogen) atoms. The number of amides is 2. The molecular weight excluding hydrogens is 350 g/mol. The zero-order valence-corrected chi connectivity index (χ0v) is 16.7. The fraction of sp³-hybridized carbons (Fsp3) is 0.435. The molecule has 0 radical (unpaired) electrons. The van der Waals surface area contributed by atoms with Gasteiger partial charge < -0.3 is 10.2 Å². The molecule has 5 nitrogen and oxygen atoms in total. The fourth-order valence-electron chi connectivity index (χ4n) is 3.55. The highest BCUT2D eigenvalue weighted by Crippen LogP contribution is 2.22. The second-order valence-electron chi connectivity index (χ2n) is 7.64. The van der Waals surface area contributed by atoms with Gasteiger partial charge in [0, 0.05) is 30.9 Å². The van der Waals surface area contributed by atoms with Crippen LogP contribution in [0.3, 0.4) is 0 Å². The van der Waals surface area contributed by atoms with Gasteiger partial charge in [-0.2, -0.15) is 0 Å². The Bertz CT molecular complexity index is 799. The lowest BCUT2D eigenvalue weighted by molar-refractivity contribution is 0.0684. The zero-order valence-electron chi connectivity index (χ0n) is 16.7. The standard InChI is InChI=1S/C23H29N3O2/c1-3-17(2)25-22(27)20-9-12-24-21(16-20)23(28)26-13-10-19(11-14-26)15-18-7-5-4-6-8-18/h4-9,12,16-17,19H,3,10-11,13-15H2,1-2H3,(H,25,27). The third kappa shape index (κ3) is 5.18.